The lowest BCUT2D eigenvalue weighted by Crippen LogP contribution is -2.42. The number of benzene rings is 1. The topological polar surface area (TPSA) is 110 Å². The molecule has 2 aromatic heterocycles. The van der Waals surface area contributed by atoms with Crippen molar-refractivity contribution < 1.29 is 27.8 Å². The van der Waals surface area contributed by atoms with E-state index in [9.17, 15) is 18.4 Å². The molecule has 0 bridgehead atoms. The van der Waals surface area contributed by atoms with Gasteiger partial charge in [-0.1, -0.05) is 0 Å². The molecule has 2 atom stereocenters. The van der Waals surface area contributed by atoms with Crippen LogP contribution >= 0.6 is 11.8 Å². The van der Waals surface area contributed by atoms with Crippen molar-refractivity contribution in [2.24, 2.45) is 0 Å². The molecule has 35 heavy (non-hydrogen) atoms. The minimum absolute atomic E-state index is 0.0519. The third kappa shape index (κ3) is 4.51. The Bertz CT molecular complexity index is 1320. The molecule has 2 N–H and O–H groups in total. The number of alkyl halides is 2. The number of nitrogens with one attached hydrogen (secondary N) is 2. The number of rotatable bonds is 7. The molecule has 2 aliphatic heterocycles. The van der Waals surface area contributed by atoms with Gasteiger partial charge < -0.3 is 14.8 Å². The van der Waals surface area contributed by atoms with Crippen LogP contribution in [-0.4, -0.2) is 57.0 Å². The summed E-state index contributed by atoms with van der Waals surface area (Å²) in [5.74, 6) is -0.970. The number of hydrazine groups is 1. The fraction of sp³-hybridized carbons (Fsp3) is 0.273. The first-order chi connectivity index (χ1) is 16.9. The Kier molecular flexibility index (Phi) is 6.26. The second kappa shape index (κ2) is 9.50. The lowest BCUT2D eigenvalue weighted by molar-refractivity contribution is -0.142. The summed E-state index contributed by atoms with van der Waals surface area (Å²) in [5, 5.41) is 8.49. The fourth-order valence-corrected chi connectivity index (χ4v) is 4.46. The quantitative estimate of drug-likeness (QED) is 0.372. The minimum atomic E-state index is -3.04. The third-order valence-electron chi connectivity index (χ3n) is 5.64. The predicted octanol–water partition coefficient (Wildman–Crippen LogP) is 2.50. The molecule has 13 heteroatoms. The standard InChI is InChI=1S/C22H20F2N6O4S/c1-35-12-3-4-17(34-22(23)24)13(9-12)18-15(11-30(28-18)16-5-8-33-21(16)32)27-20(31)14-10-26-29-7-2-6-25-19(14)29/h2-4,6-7,9-11,16,18,22,28H,5,8H2,1H3,(H,27,31). The lowest BCUT2D eigenvalue weighted by Gasteiger charge is -2.25. The Morgan fingerprint density at radius 1 is 1.40 bits per heavy atom. The number of aromatic nitrogens is 3. The molecule has 0 saturated carbocycles. The summed E-state index contributed by atoms with van der Waals surface area (Å²) >= 11 is 1.43. The lowest BCUT2D eigenvalue weighted by atomic mass is 10.0. The van der Waals surface area contributed by atoms with Crippen molar-refractivity contribution >= 4 is 29.3 Å². The maximum Gasteiger partial charge on any atom is 0.387 e. The molecular weight excluding hydrogens is 482 g/mol. The van der Waals surface area contributed by atoms with Crippen LogP contribution in [0, 0.1) is 0 Å². The minimum Gasteiger partial charge on any atom is -0.464 e. The van der Waals surface area contributed by atoms with Gasteiger partial charge in [-0.2, -0.15) is 13.9 Å². The molecule has 1 saturated heterocycles. The maximum atomic E-state index is 13.2. The third-order valence-corrected chi connectivity index (χ3v) is 6.36. The van der Waals surface area contributed by atoms with Crippen molar-refractivity contribution in [2.75, 3.05) is 12.9 Å². The maximum absolute atomic E-state index is 13.2. The van der Waals surface area contributed by atoms with E-state index in [2.05, 4.69) is 20.8 Å². The predicted molar refractivity (Wildman–Crippen MR) is 120 cm³/mol. The molecule has 182 valence electrons. The van der Waals surface area contributed by atoms with Gasteiger partial charge in [0.1, 0.15) is 17.4 Å². The zero-order chi connectivity index (χ0) is 24.5. The van der Waals surface area contributed by atoms with Crippen LogP contribution in [0.3, 0.4) is 0 Å². The SMILES string of the molecule is CSc1ccc(OC(F)F)c(C2NN(C3CCOC3=O)C=C2NC(=O)c2cnn3cccnc23)c1. The molecule has 4 heterocycles. The van der Waals surface area contributed by atoms with E-state index < -0.39 is 30.6 Å². The molecular formula is C22H20F2N6O4S. The summed E-state index contributed by atoms with van der Waals surface area (Å²) in [6.45, 7) is -2.78. The van der Waals surface area contributed by atoms with E-state index >= 15 is 0 Å². The molecule has 1 amide bonds. The average molecular weight is 503 g/mol. The molecule has 0 spiro atoms. The zero-order valence-electron chi connectivity index (χ0n) is 18.4. The van der Waals surface area contributed by atoms with Crippen LogP contribution in [0.15, 0.2) is 59.6 Å². The normalized spacial score (nSPS) is 19.8. The van der Waals surface area contributed by atoms with E-state index in [4.69, 9.17) is 9.47 Å². The first kappa shape index (κ1) is 23.1. The molecule has 1 aromatic carbocycles. The second-order valence-corrected chi connectivity index (χ2v) is 8.59. The number of amides is 1. The summed E-state index contributed by atoms with van der Waals surface area (Å²) in [7, 11) is 0. The molecule has 5 rings (SSSR count). The van der Waals surface area contributed by atoms with Crippen LogP contribution < -0.4 is 15.5 Å². The van der Waals surface area contributed by atoms with Crippen LogP contribution in [-0.2, 0) is 9.53 Å². The summed E-state index contributed by atoms with van der Waals surface area (Å²) in [4.78, 5) is 30.4. The highest BCUT2D eigenvalue weighted by atomic mass is 32.2. The van der Waals surface area contributed by atoms with E-state index in [0.29, 0.717) is 23.3 Å². The summed E-state index contributed by atoms with van der Waals surface area (Å²) in [5.41, 5.74) is 4.43. The first-order valence-electron chi connectivity index (χ1n) is 10.6. The van der Waals surface area contributed by atoms with Crippen LogP contribution in [0.25, 0.3) is 5.65 Å². The Morgan fingerprint density at radius 3 is 3.00 bits per heavy atom. The van der Waals surface area contributed by atoms with E-state index in [1.54, 1.807) is 36.8 Å². The number of fused-ring (bicyclic) bond motifs is 1. The Hall–Kier alpha value is -3.71. The molecule has 10 nitrogen and oxygen atoms in total. The molecule has 1 fully saturated rings. The van der Waals surface area contributed by atoms with Gasteiger partial charge in [-0.05, 0) is 30.5 Å². The van der Waals surface area contributed by atoms with Crippen molar-refractivity contribution in [3.05, 3.63) is 65.9 Å². The highest BCUT2D eigenvalue weighted by Gasteiger charge is 2.38. The summed E-state index contributed by atoms with van der Waals surface area (Å²) < 4.78 is 37.6. The Labute approximate surface area is 202 Å². The van der Waals surface area contributed by atoms with Gasteiger partial charge in [-0.25, -0.2) is 19.7 Å². The summed E-state index contributed by atoms with van der Waals surface area (Å²) in [6, 6.07) is 5.09. The Balaban J connectivity index is 1.52. The van der Waals surface area contributed by atoms with E-state index in [-0.39, 0.29) is 17.9 Å². The van der Waals surface area contributed by atoms with Crippen molar-refractivity contribution in [2.45, 2.75) is 30.0 Å². The fourth-order valence-electron chi connectivity index (χ4n) is 4.01. The number of hydrogen-bond donors (Lipinski definition) is 2. The number of thioether (sulfide) groups is 1. The number of esters is 1. The highest BCUT2D eigenvalue weighted by molar-refractivity contribution is 7.98. The molecule has 2 aliphatic rings. The van der Waals surface area contributed by atoms with Crippen LogP contribution in [0.1, 0.15) is 28.4 Å². The number of carbonyl (C=O) groups excluding carboxylic acids is 2. The number of hydrogen-bond acceptors (Lipinski definition) is 9. The van der Waals surface area contributed by atoms with Crippen molar-refractivity contribution in [1.82, 2.24) is 30.3 Å². The molecule has 0 aliphatic carbocycles. The average Bonchev–Trinajstić information content (AvgIpc) is 3.57. The van der Waals surface area contributed by atoms with Gasteiger partial charge in [-0.3, -0.25) is 9.80 Å². The van der Waals surface area contributed by atoms with Crippen LogP contribution in [0.2, 0.25) is 0 Å². The van der Waals surface area contributed by atoms with E-state index in [0.717, 1.165) is 4.90 Å². The van der Waals surface area contributed by atoms with Gasteiger partial charge in [0.2, 0.25) is 0 Å². The highest BCUT2D eigenvalue weighted by Crippen LogP contribution is 2.37. The summed E-state index contributed by atoms with van der Waals surface area (Å²) in [6.07, 6.45) is 8.44. The van der Waals surface area contributed by atoms with Crippen molar-refractivity contribution in [3.63, 3.8) is 0 Å². The van der Waals surface area contributed by atoms with Gasteiger partial charge in [0.25, 0.3) is 5.91 Å². The van der Waals surface area contributed by atoms with Crippen molar-refractivity contribution in [3.8, 4) is 5.75 Å². The van der Waals surface area contributed by atoms with Gasteiger partial charge in [0, 0.05) is 35.5 Å². The van der Waals surface area contributed by atoms with Gasteiger partial charge in [0.15, 0.2) is 5.65 Å². The molecule has 2 unspecified atom stereocenters. The van der Waals surface area contributed by atoms with Crippen LogP contribution in [0.5, 0.6) is 5.75 Å². The van der Waals surface area contributed by atoms with E-state index in [1.807, 2.05) is 6.26 Å². The number of carbonyl (C=O) groups is 2. The zero-order valence-corrected chi connectivity index (χ0v) is 19.2. The number of nitrogens with zero attached hydrogens (tertiary/aromatic N) is 4. The smallest absolute Gasteiger partial charge is 0.387 e. The number of ether oxygens (including phenoxy) is 2. The Morgan fingerprint density at radius 2 is 2.26 bits per heavy atom. The molecule has 0 radical (unpaired) electrons. The number of cyclic esters (lactones) is 1. The van der Waals surface area contributed by atoms with E-state index in [1.165, 1.54) is 33.5 Å². The van der Waals surface area contributed by atoms with Gasteiger partial charge >= 0.3 is 12.6 Å². The monoisotopic (exact) mass is 502 g/mol. The van der Waals surface area contributed by atoms with Gasteiger partial charge in [0.05, 0.1) is 24.5 Å². The van der Waals surface area contributed by atoms with Crippen molar-refractivity contribution in [1.29, 1.82) is 0 Å². The molecule has 3 aromatic rings. The van der Waals surface area contributed by atoms with Crippen LogP contribution in [0.4, 0.5) is 8.78 Å². The second-order valence-electron chi connectivity index (χ2n) is 7.71. The number of halogens is 2. The largest absolute Gasteiger partial charge is 0.464 e. The first-order valence-corrected chi connectivity index (χ1v) is 11.8. The van der Waals surface area contributed by atoms with Gasteiger partial charge in [-0.15, -0.1) is 11.8 Å².